The maximum absolute atomic E-state index is 12.4. The summed E-state index contributed by atoms with van der Waals surface area (Å²) in [5, 5.41) is 7.00. The molecule has 0 fully saturated rings. The van der Waals surface area contributed by atoms with E-state index in [2.05, 4.69) is 20.4 Å². The summed E-state index contributed by atoms with van der Waals surface area (Å²) < 4.78 is 6.92. The second-order valence-corrected chi connectivity index (χ2v) is 6.35. The Balaban J connectivity index is 1.38. The molecule has 1 N–H and O–H groups in total. The topological polar surface area (TPSA) is 81.9 Å². The van der Waals surface area contributed by atoms with Crippen LogP contribution in [0.3, 0.4) is 0 Å². The standard InChI is InChI=1S/C22H19N5O2/c1-29-20-4-2-3-17(11-20)21-10-7-18(13-24-21)22(28)25-12-16-5-8-19(9-6-16)27-15-23-14-26-27/h2-11,13-15H,12H2,1H3,(H,25,28). The monoisotopic (exact) mass is 385 g/mol. The number of hydrogen-bond acceptors (Lipinski definition) is 5. The van der Waals surface area contributed by atoms with Crippen LogP contribution in [0.15, 0.2) is 79.5 Å². The summed E-state index contributed by atoms with van der Waals surface area (Å²) in [6.45, 7) is 0.425. The van der Waals surface area contributed by atoms with Gasteiger partial charge in [0.15, 0.2) is 0 Å². The molecule has 7 nitrogen and oxygen atoms in total. The van der Waals surface area contributed by atoms with Crippen molar-refractivity contribution in [1.29, 1.82) is 0 Å². The fourth-order valence-electron chi connectivity index (χ4n) is 2.87. The molecule has 0 bridgehead atoms. The number of carbonyl (C=O) groups excluding carboxylic acids is 1. The number of methoxy groups -OCH3 is 1. The lowest BCUT2D eigenvalue weighted by Gasteiger charge is -2.08. The largest absolute Gasteiger partial charge is 0.497 e. The van der Waals surface area contributed by atoms with Gasteiger partial charge in [0.1, 0.15) is 18.4 Å². The first-order valence-corrected chi connectivity index (χ1v) is 9.05. The first kappa shape index (κ1) is 18.4. The Morgan fingerprint density at radius 1 is 1.10 bits per heavy atom. The van der Waals surface area contributed by atoms with E-state index in [0.717, 1.165) is 28.3 Å². The highest BCUT2D eigenvalue weighted by atomic mass is 16.5. The van der Waals surface area contributed by atoms with Gasteiger partial charge in [0.25, 0.3) is 5.91 Å². The highest BCUT2D eigenvalue weighted by Crippen LogP contribution is 2.22. The van der Waals surface area contributed by atoms with Gasteiger partial charge in [-0.05, 0) is 42.0 Å². The van der Waals surface area contributed by atoms with Crippen LogP contribution in [-0.2, 0) is 6.54 Å². The van der Waals surface area contributed by atoms with Crippen LogP contribution < -0.4 is 10.1 Å². The van der Waals surface area contributed by atoms with E-state index in [9.17, 15) is 4.79 Å². The third-order valence-electron chi connectivity index (χ3n) is 4.46. The molecule has 0 saturated carbocycles. The van der Waals surface area contributed by atoms with E-state index in [1.165, 1.54) is 6.33 Å². The molecular formula is C22H19N5O2. The molecule has 0 unspecified atom stereocenters. The zero-order valence-corrected chi connectivity index (χ0v) is 15.8. The second-order valence-electron chi connectivity index (χ2n) is 6.35. The van der Waals surface area contributed by atoms with Gasteiger partial charge < -0.3 is 10.1 Å². The van der Waals surface area contributed by atoms with Crippen molar-refractivity contribution in [3.63, 3.8) is 0 Å². The number of benzene rings is 2. The molecule has 1 amide bonds. The van der Waals surface area contributed by atoms with Gasteiger partial charge in [-0.1, -0.05) is 24.3 Å². The fraction of sp³-hybridized carbons (Fsp3) is 0.0909. The number of aromatic nitrogens is 4. The lowest BCUT2D eigenvalue weighted by atomic mass is 10.1. The highest BCUT2D eigenvalue weighted by molar-refractivity contribution is 5.94. The molecule has 0 spiro atoms. The predicted octanol–water partition coefficient (Wildman–Crippen LogP) is 3.27. The van der Waals surface area contributed by atoms with Gasteiger partial charge in [0.05, 0.1) is 24.1 Å². The average molecular weight is 385 g/mol. The first-order chi connectivity index (χ1) is 14.2. The number of amides is 1. The quantitative estimate of drug-likeness (QED) is 0.551. The van der Waals surface area contributed by atoms with Crippen LogP contribution in [0.5, 0.6) is 5.75 Å². The summed E-state index contributed by atoms with van der Waals surface area (Å²) >= 11 is 0. The fourth-order valence-corrected chi connectivity index (χ4v) is 2.87. The van der Waals surface area contributed by atoms with Crippen molar-refractivity contribution in [2.45, 2.75) is 6.54 Å². The number of pyridine rings is 1. The van der Waals surface area contributed by atoms with Crippen LogP contribution in [0.2, 0.25) is 0 Å². The average Bonchev–Trinajstić information content (AvgIpc) is 3.33. The maximum atomic E-state index is 12.4. The Bertz CT molecular complexity index is 1090. The molecule has 0 aliphatic heterocycles. The van der Waals surface area contributed by atoms with Crippen LogP contribution in [0.25, 0.3) is 16.9 Å². The van der Waals surface area contributed by atoms with Crippen molar-refractivity contribution in [2.24, 2.45) is 0 Å². The van der Waals surface area contributed by atoms with Crippen LogP contribution in [0.4, 0.5) is 0 Å². The second kappa shape index (κ2) is 8.35. The van der Waals surface area contributed by atoms with Gasteiger partial charge in [0.2, 0.25) is 0 Å². The van der Waals surface area contributed by atoms with Crippen LogP contribution >= 0.6 is 0 Å². The summed E-state index contributed by atoms with van der Waals surface area (Å²) in [5.41, 5.74) is 4.13. The normalized spacial score (nSPS) is 10.5. The Hall–Kier alpha value is -4.00. The molecule has 0 radical (unpaired) electrons. The molecule has 2 aromatic carbocycles. The molecular weight excluding hydrogens is 366 g/mol. The minimum absolute atomic E-state index is 0.171. The smallest absolute Gasteiger partial charge is 0.253 e. The van der Waals surface area contributed by atoms with Crippen molar-refractivity contribution in [3.8, 4) is 22.7 Å². The molecule has 29 heavy (non-hydrogen) atoms. The SMILES string of the molecule is COc1cccc(-c2ccc(C(=O)NCc3ccc(-n4cncn4)cc3)cn2)c1. The van der Waals surface area contributed by atoms with E-state index >= 15 is 0 Å². The van der Waals surface area contributed by atoms with Crippen molar-refractivity contribution in [2.75, 3.05) is 7.11 Å². The van der Waals surface area contributed by atoms with Gasteiger partial charge in [-0.3, -0.25) is 9.78 Å². The van der Waals surface area contributed by atoms with Crippen molar-refractivity contribution in [3.05, 3.63) is 90.6 Å². The third-order valence-corrected chi connectivity index (χ3v) is 4.46. The number of hydrogen-bond donors (Lipinski definition) is 1. The molecule has 0 atom stereocenters. The summed E-state index contributed by atoms with van der Waals surface area (Å²) in [5.74, 6) is 0.594. The van der Waals surface area contributed by atoms with E-state index in [1.54, 1.807) is 30.4 Å². The van der Waals surface area contributed by atoms with E-state index in [0.29, 0.717) is 12.1 Å². The summed E-state index contributed by atoms with van der Waals surface area (Å²) in [4.78, 5) is 20.8. The number of nitrogens with zero attached hydrogens (tertiary/aromatic N) is 4. The van der Waals surface area contributed by atoms with Gasteiger partial charge in [-0.15, -0.1) is 0 Å². The maximum Gasteiger partial charge on any atom is 0.253 e. The third kappa shape index (κ3) is 4.30. The molecule has 4 aromatic rings. The molecule has 144 valence electrons. The van der Waals surface area contributed by atoms with E-state index < -0.39 is 0 Å². The van der Waals surface area contributed by atoms with Crippen molar-refractivity contribution >= 4 is 5.91 Å². The van der Waals surface area contributed by atoms with Crippen molar-refractivity contribution < 1.29 is 9.53 Å². The summed E-state index contributed by atoms with van der Waals surface area (Å²) in [7, 11) is 1.63. The number of rotatable bonds is 6. The Morgan fingerprint density at radius 2 is 1.97 bits per heavy atom. The molecule has 2 heterocycles. The molecule has 7 heteroatoms. The minimum Gasteiger partial charge on any atom is -0.497 e. The zero-order chi connectivity index (χ0) is 20.1. The van der Waals surface area contributed by atoms with Crippen molar-refractivity contribution in [1.82, 2.24) is 25.1 Å². The predicted molar refractivity (Wildman–Crippen MR) is 109 cm³/mol. The van der Waals surface area contributed by atoms with E-state index in [-0.39, 0.29) is 5.91 Å². The number of ether oxygens (including phenoxy) is 1. The lowest BCUT2D eigenvalue weighted by molar-refractivity contribution is 0.0950. The minimum atomic E-state index is -0.171. The van der Waals surface area contributed by atoms with Gasteiger partial charge in [0, 0.05) is 18.3 Å². The van der Waals surface area contributed by atoms with Gasteiger partial charge in [-0.25, -0.2) is 9.67 Å². The van der Waals surface area contributed by atoms with E-state index in [1.807, 2.05) is 54.6 Å². The lowest BCUT2D eigenvalue weighted by Crippen LogP contribution is -2.22. The van der Waals surface area contributed by atoms with Gasteiger partial charge >= 0.3 is 0 Å². The molecule has 4 rings (SSSR count). The molecule has 2 aromatic heterocycles. The highest BCUT2D eigenvalue weighted by Gasteiger charge is 2.08. The molecule has 0 aliphatic rings. The van der Waals surface area contributed by atoms with Gasteiger partial charge in [-0.2, -0.15) is 5.10 Å². The Morgan fingerprint density at radius 3 is 2.66 bits per heavy atom. The Labute approximate surface area is 168 Å². The number of carbonyl (C=O) groups is 1. The van der Waals surface area contributed by atoms with E-state index in [4.69, 9.17) is 4.74 Å². The molecule has 0 saturated heterocycles. The first-order valence-electron chi connectivity index (χ1n) is 9.05. The zero-order valence-electron chi connectivity index (χ0n) is 15.8. The summed E-state index contributed by atoms with van der Waals surface area (Å²) in [6.07, 6.45) is 4.71. The molecule has 0 aliphatic carbocycles. The summed E-state index contributed by atoms with van der Waals surface area (Å²) in [6, 6.07) is 19.0. The van der Waals surface area contributed by atoms with Crippen LogP contribution in [0, 0.1) is 0 Å². The van der Waals surface area contributed by atoms with Crippen LogP contribution in [-0.4, -0.2) is 32.8 Å². The Kier molecular flexibility index (Phi) is 5.29. The van der Waals surface area contributed by atoms with Crippen LogP contribution in [0.1, 0.15) is 15.9 Å². The number of nitrogens with one attached hydrogen (secondary N) is 1.